The molecular weight excluding hydrogens is 292 g/mol. The summed E-state index contributed by atoms with van der Waals surface area (Å²) in [6.07, 6.45) is 1.96. The van der Waals surface area contributed by atoms with E-state index < -0.39 is 0 Å². The maximum absolute atomic E-state index is 5.66. The molecular formula is C13H11BrN4. The highest BCUT2D eigenvalue weighted by molar-refractivity contribution is 9.10. The van der Waals surface area contributed by atoms with Crippen LogP contribution >= 0.6 is 15.9 Å². The molecule has 0 radical (unpaired) electrons. The van der Waals surface area contributed by atoms with Gasteiger partial charge in [0.25, 0.3) is 0 Å². The molecule has 0 saturated carbocycles. The molecule has 18 heavy (non-hydrogen) atoms. The molecule has 0 atom stereocenters. The number of nitrogens with zero attached hydrogens (tertiary/aromatic N) is 3. The third-order valence-corrected chi connectivity index (χ3v) is 3.26. The molecule has 3 aromatic rings. The number of aromatic nitrogens is 3. The Morgan fingerprint density at radius 3 is 2.89 bits per heavy atom. The first kappa shape index (κ1) is 11.4. The summed E-state index contributed by atoms with van der Waals surface area (Å²) in [5, 5.41) is 8.39. The lowest BCUT2D eigenvalue weighted by atomic mass is 10.1. The Balaban J connectivity index is 2.21. The predicted molar refractivity (Wildman–Crippen MR) is 74.0 cm³/mol. The molecule has 0 bridgehead atoms. The van der Waals surface area contributed by atoms with Gasteiger partial charge in [-0.05, 0) is 39.7 Å². The van der Waals surface area contributed by atoms with E-state index in [0.29, 0.717) is 6.54 Å². The molecule has 4 nitrogen and oxygen atoms in total. The average Bonchev–Trinajstić information content (AvgIpc) is 2.81. The minimum absolute atomic E-state index is 0.522. The molecule has 0 amide bonds. The van der Waals surface area contributed by atoms with Gasteiger partial charge in [-0.2, -0.15) is 0 Å². The molecule has 0 aliphatic carbocycles. The third-order valence-electron chi connectivity index (χ3n) is 2.79. The number of halogens is 1. The number of hydrogen-bond donors (Lipinski definition) is 1. The van der Waals surface area contributed by atoms with Gasteiger partial charge in [0, 0.05) is 22.8 Å². The molecule has 5 heteroatoms. The molecule has 3 rings (SSSR count). The van der Waals surface area contributed by atoms with E-state index in [-0.39, 0.29) is 0 Å². The highest BCUT2D eigenvalue weighted by Gasteiger charge is 2.08. The molecule has 2 heterocycles. The zero-order valence-corrected chi connectivity index (χ0v) is 11.1. The van der Waals surface area contributed by atoms with E-state index in [1.54, 1.807) is 0 Å². The molecule has 0 spiro atoms. The second-order valence-electron chi connectivity index (χ2n) is 4.00. The van der Waals surface area contributed by atoms with E-state index in [1.165, 1.54) is 0 Å². The van der Waals surface area contributed by atoms with Gasteiger partial charge in [0.05, 0.1) is 0 Å². The number of hydrogen-bond acceptors (Lipinski definition) is 3. The molecule has 1 aromatic carbocycles. The van der Waals surface area contributed by atoms with E-state index in [2.05, 4.69) is 26.1 Å². The SMILES string of the molecule is NCc1cccc(-c2nnc3ccc(Br)cn23)c1. The zero-order valence-electron chi connectivity index (χ0n) is 9.55. The summed E-state index contributed by atoms with van der Waals surface area (Å²) in [6.45, 7) is 0.522. The second kappa shape index (κ2) is 4.51. The van der Waals surface area contributed by atoms with E-state index >= 15 is 0 Å². The van der Waals surface area contributed by atoms with Gasteiger partial charge in [0.1, 0.15) is 0 Å². The van der Waals surface area contributed by atoms with Gasteiger partial charge in [0.15, 0.2) is 11.5 Å². The molecule has 0 aliphatic heterocycles. The van der Waals surface area contributed by atoms with Crippen LogP contribution in [0.15, 0.2) is 47.1 Å². The zero-order chi connectivity index (χ0) is 12.5. The standard InChI is InChI=1S/C13H11BrN4/c14-11-4-5-12-16-17-13(18(12)8-11)10-3-1-2-9(6-10)7-15/h1-6,8H,7,15H2. The smallest absolute Gasteiger partial charge is 0.168 e. The monoisotopic (exact) mass is 302 g/mol. The van der Waals surface area contributed by atoms with Crippen molar-refractivity contribution in [3.63, 3.8) is 0 Å². The third kappa shape index (κ3) is 1.91. The maximum atomic E-state index is 5.66. The Kier molecular flexibility index (Phi) is 2.85. The summed E-state index contributed by atoms with van der Waals surface area (Å²) in [4.78, 5) is 0. The Morgan fingerprint density at radius 2 is 2.06 bits per heavy atom. The maximum Gasteiger partial charge on any atom is 0.168 e. The van der Waals surface area contributed by atoms with Crippen LogP contribution in [0.1, 0.15) is 5.56 Å². The summed E-state index contributed by atoms with van der Waals surface area (Å²) < 4.78 is 2.95. The van der Waals surface area contributed by atoms with Crippen molar-refractivity contribution in [2.24, 2.45) is 5.73 Å². The first-order valence-corrected chi connectivity index (χ1v) is 6.37. The predicted octanol–water partition coefficient (Wildman–Crippen LogP) is 2.62. The van der Waals surface area contributed by atoms with Crippen LogP contribution in [0, 0.1) is 0 Å². The number of nitrogens with two attached hydrogens (primary N) is 1. The quantitative estimate of drug-likeness (QED) is 0.792. The molecule has 2 aromatic heterocycles. The Morgan fingerprint density at radius 1 is 1.17 bits per heavy atom. The van der Waals surface area contributed by atoms with Crippen LogP contribution in [0.2, 0.25) is 0 Å². The van der Waals surface area contributed by atoms with E-state index in [9.17, 15) is 0 Å². The van der Waals surface area contributed by atoms with Gasteiger partial charge in [-0.1, -0.05) is 18.2 Å². The van der Waals surface area contributed by atoms with Crippen molar-refractivity contribution in [3.05, 3.63) is 52.6 Å². The molecule has 0 saturated heterocycles. The fraction of sp³-hybridized carbons (Fsp3) is 0.0769. The van der Waals surface area contributed by atoms with Gasteiger partial charge in [-0.15, -0.1) is 10.2 Å². The lowest BCUT2D eigenvalue weighted by Crippen LogP contribution is -1.97. The van der Waals surface area contributed by atoms with Crippen LogP contribution in [0.5, 0.6) is 0 Å². The largest absolute Gasteiger partial charge is 0.326 e. The summed E-state index contributed by atoms with van der Waals surface area (Å²) in [5.41, 5.74) is 8.58. The topological polar surface area (TPSA) is 56.2 Å². The Hall–Kier alpha value is -1.72. The molecule has 0 unspecified atom stereocenters. The van der Waals surface area contributed by atoms with Crippen molar-refractivity contribution < 1.29 is 0 Å². The summed E-state index contributed by atoms with van der Waals surface area (Å²) >= 11 is 3.46. The van der Waals surface area contributed by atoms with Gasteiger partial charge >= 0.3 is 0 Å². The van der Waals surface area contributed by atoms with Crippen LogP contribution in [0.3, 0.4) is 0 Å². The average molecular weight is 303 g/mol. The lowest BCUT2D eigenvalue weighted by molar-refractivity contribution is 1.06. The first-order valence-electron chi connectivity index (χ1n) is 5.57. The molecule has 0 aliphatic rings. The van der Waals surface area contributed by atoms with Gasteiger partial charge in [-0.25, -0.2) is 0 Å². The number of fused-ring (bicyclic) bond motifs is 1. The summed E-state index contributed by atoms with van der Waals surface area (Å²) in [7, 11) is 0. The molecule has 2 N–H and O–H groups in total. The minimum Gasteiger partial charge on any atom is -0.326 e. The Bertz CT molecular complexity index is 705. The van der Waals surface area contributed by atoms with Crippen LogP contribution in [0.4, 0.5) is 0 Å². The van der Waals surface area contributed by atoms with Crippen LogP contribution in [-0.4, -0.2) is 14.6 Å². The molecule has 0 fully saturated rings. The van der Waals surface area contributed by atoms with E-state index in [0.717, 1.165) is 27.1 Å². The van der Waals surface area contributed by atoms with Gasteiger partial charge in [0.2, 0.25) is 0 Å². The minimum atomic E-state index is 0.522. The summed E-state index contributed by atoms with van der Waals surface area (Å²) in [6, 6.07) is 11.9. The molecule has 90 valence electrons. The Labute approximate surface area is 113 Å². The van der Waals surface area contributed by atoms with E-state index in [1.807, 2.05) is 47.0 Å². The number of pyridine rings is 1. The van der Waals surface area contributed by atoms with Crippen molar-refractivity contribution in [3.8, 4) is 11.4 Å². The van der Waals surface area contributed by atoms with Crippen molar-refractivity contribution in [1.29, 1.82) is 0 Å². The number of rotatable bonds is 2. The van der Waals surface area contributed by atoms with Gasteiger partial charge < -0.3 is 5.73 Å². The second-order valence-corrected chi connectivity index (χ2v) is 4.92. The van der Waals surface area contributed by atoms with Crippen molar-refractivity contribution >= 4 is 21.6 Å². The number of benzene rings is 1. The van der Waals surface area contributed by atoms with Crippen LogP contribution in [-0.2, 0) is 6.54 Å². The normalized spacial score (nSPS) is 11.0. The van der Waals surface area contributed by atoms with Crippen LogP contribution < -0.4 is 5.73 Å². The highest BCUT2D eigenvalue weighted by atomic mass is 79.9. The lowest BCUT2D eigenvalue weighted by Gasteiger charge is -2.02. The highest BCUT2D eigenvalue weighted by Crippen LogP contribution is 2.21. The fourth-order valence-electron chi connectivity index (χ4n) is 1.90. The van der Waals surface area contributed by atoms with E-state index in [4.69, 9.17) is 5.73 Å². The van der Waals surface area contributed by atoms with Crippen LogP contribution in [0.25, 0.3) is 17.0 Å². The van der Waals surface area contributed by atoms with Gasteiger partial charge in [-0.3, -0.25) is 4.40 Å². The fourth-order valence-corrected chi connectivity index (χ4v) is 2.24. The summed E-state index contributed by atoms with van der Waals surface area (Å²) in [5.74, 6) is 0.821. The first-order chi connectivity index (χ1) is 8.78. The van der Waals surface area contributed by atoms with Crippen molar-refractivity contribution in [2.75, 3.05) is 0 Å². The van der Waals surface area contributed by atoms with Crippen molar-refractivity contribution in [2.45, 2.75) is 6.54 Å². The van der Waals surface area contributed by atoms with Crippen molar-refractivity contribution in [1.82, 2.24) is 14.6 Å².